The van der Waals surface area contributed by atoms with Crippen molar-refractivity contribution in [2.75, 3.05) is 31.2 Å². The van der Waals surface area contributed by atoms with Gasteiger partial charge in [0.1, 0.15) is 5.52 Å². The summed E-state index contributed by atoms with van der Waals surface area (Å²) in [5.74, 6) is 1.47. The maximum Gasteiger partial charge on any atom is 0.164 e. The van der Waals surface area contributed by atoms with Crippen LogP contribution in [0.15, 0.2) is 48.9 Å². The molecule has 3 aliphatic rings. The summed E-state index contributed by atoms with van der Waals surface area (Å²) in [5, 5.41) is 14.6. The predicted octanol–water partition coefficient (Wildman–Crippen LogP) is 4.30. The predicted molar refractivity (Wildman–Crippen MR) is 132 cm³/mol. The summed E-state index contributed by atoms with van der Waals surface area (Å²) in [5.41, 5.74) is 5.92. The second-order valence-corrected chi connectivity index (χ2v) is 10.1. The van der Waals surface area contributed by atoms with Crippen molar-refractivity contribution in [3.05, 3.63) is 54.5 Å². The molecule has 4 aromatic rings. The molecule has 2 saturated carbocycles. The topological polar surface area (TPSA) is 84.8 Å². The molecule has 0 amide bonds. The number of benzene rings is 1. The molecule has 3 aromatic heterocycles. The molecule has 8 heteroatoms. The molecule has 0 bridgehead atoms. The van der Waals surface area contributed by atoms with E-state index in [2.05, 4.69) is 47.4 Å². The zero-order valence-electron chi connectivity index (χ0n) is 19.6. The molecule has 4 heterocycles. The van der Waals surface area contributed by atoms with Crippen molar-refractivity contribution in [1.29, 1.82) is 5.26 Å². The first-order valence-electron chi connectivity index (χ1n) is 12.5. The Balaban J connectivity index is 1.30. The summed E-state index contributed by atoms with van der Waals surface area (Å²) in [4.78, 5) is 12.1. The molecule has 35 heavy (non-hydrogen) atoms. The number of nitriles is 1. The third-order valence-corrected chi connectivity index (χ3v) is 7.51. The van der Waals surface area contributed by atoms with Crippen molar-refractivity contribution in [2.45, 2.75) is 38.1 Å². The summed E-state index contributed by atoms with van der Waals surface area (Å²) in [6.07, 6.45) is 8.25. The fraction of sp³-hybridized carbons (Fsp3) is 0.407. The van der Waals surface area contributed by atoms with Gasteiger partial charge in [-0.05, 0) is 49.3 Å². The van der Waals surface area contributed by atoms with Crippen LogP contribution in [0.4, 0.5) is 5.69 Å². The first-order chi connectivity index (χ1) is 17.2. The Morgan fingerprint density at radius 1 is 1.11 bits per heavy atom. The van der Waals surface area contributed by atoms with Gasteiger partial charge < -0.3 is 14.2 Å². The van der Waals surface area contributed by atoms with Crippen molar-refractivity contribution >= 4 is 16.9 Å². The van der Waals surface area contributed by atoms with Gasteiger partial charge in [0.05, 0.1) is 42.4 Å². The molecular formula is C27H27N7O. The van der Waals surface area contributed by atoms with Crippen LogP contribution in [0.2, 0.25) is 0 Å². The average molecular weight is 466 g/mol. The summed E-state index contributed by atoms with van der Waals surface area (Å²) < 4.78 is 9.49. The molecule has 1 saturated heterocycles. The fourth-order valence-corrected chi connectivity index (χ4v) is 5.04. The minimum Gasteiger partial charge on any atom is -0.378 e. The highest BCUT2D eigenvalue weighted by molar-refractivity contribution is 5.87. The minimum absolute atomic E-state index is 0.282. The highest BCUT2D eigenvalue weighted by Crippen LogP contribution is 2.47. The highest BCUT2D eigenvalue weighted by Gasteiger charge is 2.44. The van der Waals surface area contributed by atoms with E-state index in [0.717, 1.165) is 59.9 Å². The molecule has 176 valence electrons. The average Bonchev–Trinajstić information content (AvgIpc) is 3.82. The second kappa shape index (κ2) is 7.92. The lowest BCUT2D eigenvalue weighted by Gasteiger charge is -2.29. The molecular weight excluding hydrogens is 438 g/mol. The SMILES string of the molecule is N#CC1(Cn2cnc3c(N4CCOCC4)cc(-n4ccc(-c5cccc(C6CC6)c5)n4)nc32)CC1. The number of imidazole rings is 1. The number of nitrogens with zero attached hydrogens (tertiary/aromatic N) is 7. The number of anilines is 1. The number of fused-ring (bicyclic) bond motifs is 1. The largest absolute Gasteiger partial charge is 0.378 e. The molecule has 8 nitrogen and oxygen atoms in total. The maximum absolute atomic E-state index is 9.65. The Labute approximate surface area is 203 Å². The molecule has 0 unspecified atom stereocenters. The Bertz CT molecular complexity index is 1450. The van der Waals surface area contributed by atoms with Crippen molar-refractivity contribution in [3.63, 3.8) is 0 Å². The number of morpholine rings is 1. The fourth-order valence-electron chi connectivity index (χ4n) is 5.04. The lowest BCUT2D eigenvalue weighted by molar-refractivity contribution is 0.123. The quantitative estimate of drug-likeness (QED) is 0.422. The van der Waals surface area contributed by atoms with Gasteiger partial charge in [0.2, 0.25) is 0 Å². The first-order valence-corrected chi connectivity index (χ1v) is 12.5. The van der Waals surface area contributed by atoms with Gasteiger partial charge in [0.25, 0.3) is 0 Å². The van der Waals surface area contributed by atoms with Gasteiger partial charge in [-0.25, -0.2) is 14.6 Å². The molecule has 0 N–H and O–H groups in total. The highest BCUT2D eigenvalue weighted by atomic mass is 16.5. The molecule has 0 spiro atoms. The normalized spacial score (nSPS) is 19.1. The first kappa shape index (κ1) is 20.7. The molecule has 7 rings (SSSR count). The van der Waals surface area contributed by atoms with Gasteiger partial charge in [-0.2, -0.15) is 10.4 Å². The van der Waals surface area contributed by atoms with E-state index in [4.69, 9.17) is 19.8 Å². The van der Waals surface area contributed by atoms with E-state index in [1.54, 1.807) is 0 Å². The number of rotatable bonds is 6. The molecule has 1 aromatic carbocycles. The van der Waals surface area contributed by atoms with E-state index in [-0.39, 0.29) is 5.41 Å². The lowest BCUT2D eigenvalue weighted by atomic mass is 10.1. The Morgan fingerprint density at radius 2 is 1.97 bits per heavy atom. The summed E-state index contributed by atoms with van der Waals surface area (Å²) in [6.45, 7) is 3.64. The van der Waals surface area contributed by atoms with Crippen LogP contribution in [0.25, 0.3) is 28.2 Å². The van der Waals surface area contributed by atoms with Gasteiger partial charge in [-0.15, -0.1) is 0 Å². The van der Waals surface area contributed by atoms with Crippen LogP contribution >= 0.6 is 0 Å². The minimum atomic E-state index is -0.282. The molecule has 1 aliphatic heterocycles. The van der Waals surface area contributed by atoms with Gasteiger partial charge in [0.15, 0.2) is 11.5 Å². The van der Waals surface area contributed by atoms with E-state index in [1.807, 2.05) is 21.8 Å². The van der Waals surface area contributed by atoms with Crippen LogP contribution < -0.4 is 4.90 Å². The molecule has 2 aliphatic carbocycles. The van der Waals surface area contributed by atoms with E-state index in [1.165, 1.54) is 18.4 Å². The van der Waals surface area contributed by atoms with Crippen molar-refractivity contribution in [1.82, 2.24) is 24.3 Å². The number of hydrogen-bond donors (Lipinski definition) is 0. The third kappa shape index (κ3) is 3.76. The molecule has 3 fully saturated rings. The lowest BCUT2D eigenvalue weighted by Crippen LogP contribution is -2.36. The van der Waals surface area contributed by atoms with Crippen LogP contribution in [0, 0.1) is 16.7 Å². The van der Waals surface area contributed by atoms with E-state index >= 15 is 0 Å². The number of aromatic nitrogens is 5. The maximum atomic E-state index is 9.65. The van der Waals surface area contributed by atoms with Gasteiger partial charge >= 0.3 is 0 Å². The van der Waals surface area contributed by atoms with Crippen LogP contribution in [0.3, 0.4) is 0 Å². The smallest absolute Gasteiger partial charge is 0.164 e. The second-order valence-electron chi connectivity index (χ2n) is 10.1. The third-order valence-electron chi connectivity index (χ3n) is 7.51. The number of pyridine rings is 1. The Kier molecular flexibility index (Phi) is 4.68. The Morgan fingerprint density at radius 3 is 2.74 bits per heavy atom. The zero-order chi connectivity index (χ0) is 23.4. The zero-order valence-corrected chi connectivity index (χ0v) is 19.6. The monoisotopic (exact) mass is 465 g/mol. The number of ether oxygens (including phenoxy) is 1. The van der Waals surface area contributed by atoms with E-state index < -0.39 is 0 Å². The van der Waals surface area contributed by atoms with Crippen LogP contribution in [0.5, 0.6) is 0 Å². The Hall–Kier alpha value is -3.70. The number of hydrogen-bond acceptors (Lipinski definition) is 6. The van der Waals surface area contributed by atoms with E-state index in [0.29, 0.717) is 25.7 Å². The van der Waals surface area contributed by atoms with Crippen LogP contribution in [0.1, 0.15) is 37.2 Å². The van der Waals surface area contributed by atoms with Gasteiger partial charge in [-0.1, -0.05) is 18.2 Å². The molecule has 0 atom stereocenters. The van der Waals surface area contributed by atoms with Gasteiger partial charge in [-0.3, -0.25) is 0 Å². The van der Waals surface area contributed by atoms with Crippen molar-refractivity contribution in [3.8, 4) is 23.1 Å². The van der Waals surface area contributed by atoms with Crippen LogP contribution in [-0.2, 0) is 11.3 Å². The van der Waals surface area contributed by atoms with E-state index in [9.17, 15) is 5.26 Å². The van der Waals surface area contributed by atoms with Crippen molar-refractivity contribution < 1.29 is 4.74 Å². The molecule has 0 radical (unpaired) electrons. The standard InChI is InChI=1S/C27H27N7O/c28-16-27(7-8-27)17-33-18-29-25-23(32-10-12-35-13-11-32)15-24(30-26(25)33)34-9-6-22(31-34)21-3-1-2-20(14-21)19-4-5-19/h1-3,6,9,14-15,18-19H,4-5,7-8,10-13,17H2. The summed E-state index contributed by atoms with van der Waals surface area (Å²) >= 11 is 0. The van der Waals surface area contributed by atoms with Crippen molar-refractivity contribution in [2.24, 2.45) is 5.41 Å². The summed E-state index contributed by atoms with van der Waals surface area (Å²) in [6, 6.07) is 15.4. The van der Waals surface area contributed by atoms with Crippen LogP contribution in [-0.4, -0.2) is 50.6 Å². The van der Waals surface area contributed by atoms with Gasteiger partial charge in [0, 0.05) is 37.5 Å². The summed E-state index contributed by atoms with van der Waals surface area (Å²) in [7, 11) is 0.